The van der Waals surface area contributed by atoms with Crippen LogP contribution in [0.1, 0.15) is 12.1 Å². The molecule has 122 valence electrons. The first-order valence-corrected chi connectivity index (χ1v) is 7.91. The van der Waals surface area contributed by atoms with Crippen LogP contribution in [0, 0.1) is 6.92 Å². The minimum absolute atomic E-state index is 0.0415. The molecule has 0 radical (unpaired) electrons. The number of nitrogens with zero attached hydrogens (tertiary/aromatic N) is 4. The predicted molar refractivity (Wildman–Crippen MR) is 80.3 cm³/mol. The zero-order valence-electron chi connectivity index (χ0n) is 13.0. The number of amides is 1. The second kappa shape index (κ2) is 6.76. The molecule has 2 fully saturated rings. The summed E-state index contributed by atoms with van der Waals surface area (Å²) in [4.78, 5) is 16.3. The number of aliphatic hydroxyl groups is 1. The van der Waals surface area contributed by atoms with Gasteiger partial charge in [-0.3, -0.25) is 14.4 Å². The fourth-order valence-corrected chi connectivity index (χ4v) is 3.20. The maximum atomic E-state index is 12.3. The SMILES string of the molecule is Cc1ccn(CCC(=O)N2CC(O)C(N3CCOCC3)C2)n1. The van der Waals surface area contributed by atoms with E-state index in [2.05, 4.69) is 10.00 Å². The molecule has 1 aromatic heterocycles. The van der Waals surface area contributed by atoms with E-state index in [0.29, 0.717) is 39.3 Å². The average molecular weight is 308 g/mol. The van der Waals surface area contributed by atoms with Crippen molar-refractivity contribution in [3.05, 3.63) is 18.0 Å². The fourth-order valence-electron chi connectivity index (χ4n) is 3.20. The lowest BCUT2D eigenvalue weighted by Crippen LogP contribution is -2.49. The van der Waals surface area contributed by atoms with Gasteiger partial charge in [0, 0.05) is 45.3 Å². The molecule has 2 aliphatic heterocycles. The Morgan fingerprint density at radius 1 is 1.41 bits per heavy atom. The van der Waals surface area contributed by atoms with E-state index in [0.717, 1.165) is 18.8 Å². The van der Waals surface area contributed by atoms with E-state index in [9.17, 15) is 9.90 Å². The second-order valence-electron chi connectivity index (χ2n) is 6.05. The van der Waals surface area contributed by atoms with Crippen LogP contribution in [0.25, 0.3) is 0 Å². The van der Waals surface area contributed by atoms with E-state index in [1.54, 1.807) is 9.58 Å². The number of β-amino-alcohol motifs (C(OH)–C–C–N with tert-alkyl or cyclic N) is 1. The molecule has 0 bridgehead atoms. The van der Waals surface area contributed by atoms with E-state index in [4.69, 9.17) is 4.74 Å². The van der Waals surface area contributed by atoms with Crippen molar-refractivity contribution in [3.63, 3.8) is 0 Å². The van der Waals surface area contributed by atoms with Gasteiger partial charge < -0.3 is 14.7 Å². The molecule has 22 heavy (non-hydrogen) atoms. The van der Waals surface area contributed by atoms with Crippen LogP contribution in [-0.4, -0.2) is 82.1 Å². The number of hydrogen-bond donors (Lipinski definition) is 1. The highest BCUT2D eigenvalue weighted by Gasteiger charge is 2.37. The standard InChI is InChI=1S/C15H24N4O3/c1-12-2-4-19(16-12)5-3-15(21)18-10-13(14(20)11-18)17-6-8-22-9-7-17/h2,4,13-14,20H,3,5-11H2,1H3. The maximum absolute atomic E-state index is 12.3. The van der Waals surface area contributed by atoms with Gasteiger partial charge in [0.15, 0.2) is 0 Å². The van der Waals surface area contributed by atoms with Gasteiger partial charge in [0.1, 0.15) is 0 Å². The lowest BCUT2D eigenvalue weighted by molar-refractivity contribution is -0.130. The van der Waals surface area contributed by atoms with Crippen molar-refractivity contribution >= 4 is 5.91 Å². The van der Waals surface area contributed by atoms with Gasteiger partial charge in [-0.05, 0) is 13.0 Å². The monoisotopic (exact) mass is 308 g/mol. The number of ether oxygens (including phenoxy) is 1. The molecule has 1 N–H and O–H groups in total. The van der Waals surface area contributed by atoms with Gasteiger partial charge in [0.25, 0.3) is 0 Å². The van der Waals surface area contributed by atoms with Crippen molar-refractivity contribution in [2.75, 3.05) is 39.4 Å². The summed E-state index contributed by atoms with van der Waals surface area (Å²) in [6, 6.07) is 1.97. The van der Waals surface area contributed by atoms with Gasteiger partial charge in [0.05, 0.1) is 31.1 Å². The highest BCUT2D eigenvalue weighted by Crippen LogP contribution is 2.18. The molecule has 3 rings (SSSR count). The molecule has 0 spiro atoms. The third kappa shape index (κ3) is 3.48. The molecule has 0 aliphatic carbocycles. The molecular weight excluding hydrogens is 284 g/mol. The summed E-state index contributed by atoms with van der Waals surface area (Å²) >= 11 is 0. The van der Waals surface area contributed by atoms with Crippen LogP contribution in [0.3, 0.4) is 0 Å². The van der Waals surface area contributed by atoms with Gasteiger partial charge >= 0.3 is 0 Å². The first-order valence-electron chi connectivity index (χ1n) is 7.91. The number of aryl methyl sites for hydroxylation is 2. The number of carbonyl (C=O) groups is 1. The Bertz CT molecular complexity index is 513. The zero-order valence-corrected chi connectivity index (χ0v) is 13.0. The van der Waals surface area contributed by atoms with Crippen molar-refractivity contribution in [3.8, 4) is 0 Å². The van der Waals surface area contributed by atoms with Crippen LogP contribution < -0.4 is 0 Å². The van der Waals surface area contributed by atoms with Gasteiger partial charge in [0.2, 0.25) is 5.91 Å². The summed E-state index contributed by atoms with van der Waals surface area (Å²) in [5.74, 6) is 0.0861. The molecule has 2 unspecified atom stereocenters. The van der Waals surface area contributed by atoms with Gasteiger partial charge in [-0.15, -0.1) is 0 Å². The normalized spacial score (nSPS) is 26.5. The Morgan fingerprint density at radius 2 is 2.18 bits per heavy atom. The summed E-state index contributed by atoms with van der Waals surface area (Å²) in [6.07, 6.45) is 1.84. The Hall–Kier alpha value is -1.44. The van der Waals surface area contributed by atoms with Crippen molar-refractivity contribution in [1.82, 2.24) is 19.6 Å². The molecule has 1 amide bonds. The van der Waals surface area contributed by atoms with Crippen molar-refractivity contribution in [2.24, 2.45) is 0 Å². The van der Waals surface area contributed by atoms with Crippen LogP contribution >= 0.6 is 0 Å². The minimum atomic E-state index is -0.464. The summed E-state index contributed by atoms with van der Waals surface area (Å²) in [6.45, 7) is 6.62. The number of likely N-dealkylation sites (tertiary alicyclic amines) is 1. The van der Waals surface area contributed by atoms with E-state index < -0.39 is 6.10 Å². The Labute approximate surface area is 130 Å². The quantitative estimate of drug-likeness (QED) is 0.811. The lowest BCUT2D eigenvalue weighted by Gasteiger charge is -2.33. The topological polar surface area (TPSA) is 70.8 Å². The number of rotatable bonds is 4. The third-order valence-electron chi connectivity index (χ3n) is 4.46. The average Bonchev–Trinajstić information content (AvgIpc) is 3.12. The molecule has 2 aliphatic rings. The van der Waals surface area contributed by atoms with Gasteiger partial charge in [-0.1, -0.05) is 0 Å². The van der Waals surface area contributed by atoms with Crippen molar-refractivity contribution in [1.29, 1.82) is 0 Å². The van der Waals surface area contributed by atoms with E-state index in [1.807, 2.05) is 19.2 Å². The molecule has 0 aromatic carbocycles. The Balaban J connectivity index is 1.51. The van der Waals surface area contributed by atoms with Crippen molar-refractivity contribution in [2.45, 2.75) is 32.0 Å². The molecule has 2 atom stereocenters. The zero-order chi connectivity index (χ0) is 15.5. The summed E-state index contributed by atoms with van der Waals surface area (Å²) < 4.78 is 7.14. The van der Waals surface area contributed by atoms with Crippen LogP contribution in [0.2, 0.25) is 0 Å². The maximum Gasteiger partial charge on any atom is 0.224 e. The van der Waals surface area contributed by atoms with Crippen LogP contribution in [0.4, 0.5) is 0 Å². The molecule has 0 saturated carbocycles. The Kier molecular flexibility index (Phi) is 4.75. The first-order chi connectivity index (χ1) is 10.6. The van der Waals surface area contributed by atoms with E-state index >= 15 is 0 Å². The lowest BCUT2D eigenvalue weighted by atomic mass is 10.1. The van der Waals surface area contributed by atoms with Crippen LogP contribution in [0.5, 0.6) is 0 Å². The molecule has 3 heterocycles. The molecule has 7 heteroatoms. The molecule has 1 aromatic rings. The predicted octanol–water partition coefficient (Wildman–Crippen LogP) is -0.514. The van der Waals surface area contributed by atoms with Crippen LogP contribution in [-0.2, 0) is 16.1 Å². The smallest absolute Gasteiger partial charge is 0.224 e. The number of morpholine rings is 1. The first kappa shape index (κ1) is 15.5. The van der Waals surface area contributed by atoms with Gasteiger partial charge in [-0.25, -0.2) is 0 Å². The fraction of sp³-hybridized carbons (Fsp3) is 0.733. The highest BCUT2D eigenvalue weighted by atomic mass is 16.5. The minimum Gasteiger partial charge on any atom is -0.390 e. The summed E-state index contributed by atoms with van der Waals surface area (Å²) in [5.41, 5.74) is 0.955. The molecule has 7 nitrogen and oxygen atoms in total. The van der Waals surface area contributed by atoms with Crippen LogP contribution in [0.15, 0.2) is 12.3 Å². The van der Waals surface area contributed by atoms with E-state index in [1.165, 1.54) is 0 Å². The number of aromatic nitrogens is 2. The van der Waals surface area contributed by atoms with Gasteiger partial charge in [-0.2, -0.15) is 5.10 Å². The second-order valence-corrected chi connectivity index (χ2v) is 6.05. The number of aliphatic hydroxyl groups excluding tert-OH is 1. The largest absolute Gasteiger partial charge is 0.390 e. The van der Waals surface area contributed by atoms with Crippen molar-refractivity contribution < 1.29 is 14.6 Å². The summed E-state index contributed by atoms with van der Waals surface area (Å²) in [5, 5.41) is 14.5. The highest BCUT2D eigenvalue weighted by molar-refractivity contribution is 5.76. The Morgan fingerprint density at radius 3 is 2.86 bits per heavy atom. The number of hydrogen-bond acceptors (Lipinski definition) is 5. The molecule has 2 saturated heterocycles. The van der Waals surface area contributed by atoms with E-state index in [-0.39, 0.29) is 11.9 Å². The third-order valence-corrected chi connectivity index (χ3v) is 4.46. The molecular formula is C15H24N4O3. The number of carbonyl (C=O) groups excluding carboxylic acids is 1. The summed E-state index contributed by atoms with van der Waals surface area (Å²) in [7, 11) is 0.